The number of para-hydroxylation sites is 1. The largest absolute Gasteiger partial charge is 0.370 e. The molecule has 0 unspecified atom stereocenters. The Morgan fingerprint density at radius 2 is 1.88 bits per heavy atom. The maximum Gasteiger partial charge on any atom is 0.186 e. The average Bonchev–Trinajstić information content (AvgIpc) is 2.99. The molecule has 5 nitrogen and oxygen atoms in total. The Morgan fingerprint density at radius 3 is 2.72 bits per heavy atom. The molecule has 0 atom stereocenters. The number of nitrogens with one attached hydrogen (secondary N) is 1. The molecule has 4 aromatic rings. The van der Waals surface area contributed by atoms with Gasteiger partial charge in [0.15, 0.2) is 5.96 Å². The minimum absolute atomic E-state index is 0. The fourth-order valence-corrected chi connectivity index (χ4v) is 3.03. The van der Waals surface area contributed by atoms with Crippen LogP contribution in [-0.4, -0.2) is 15.9 Å². The predicted molar refractivity (Wildman–Crippen MR) is 109 cm³/mol. The number of pyridine rings is 1. The maximum absolute atomic E-state index is 5.43. The summed E-state index contributed by atoms with van der Waals surface area (Å²) in [6.45, 7) is 0.471. The van der Waals surface area contributed by atoms with Gasteiger partial charge in [0.05, 0.1) is 6.54 Å². The summed E-state index contributed by atoms with van der Waals surface area (Å²) < 4.78 is 0. The predicted octanol–water partition coefficient (Wildman–Crippen LogP) is 3.27. The van der Waals surface area contributed by atoms with Gasteiger partial charge in [-0.1, -0.05) is 36.4 Å². The second-order valence-corrected chi connectivity index (χ2v) is 5.69. The molecule has 0 fully saturated rings. The zero-order valence-electron chi connectivity index (χ0n) is 13.5. The number of nitrogens with zero attached hydrogens (tertiary/aromatic N) is 2. The monoisotopic (exact) mass is 349 g/mol. The van der Waals surface area contributed by atoms with Crippen molar-refractivity contribution in [2.24, 2.45) is 16.5 Å². The number of rotatable bonds is 3. The Morgan fingerprint density at radius 1 is 1.04 bits per heavy atom. The molecule has 0 aliphatic carbocycles. The van der Waals surface area contributed by atoms with Gasteiger partial charge in [0, 0.05) is 22.5 Å². The van der Waals surface area contributed by atoms with Gasteiger partial charge in [-0.25, -0.2) is 9.98 Å². The summed E-state index contributed by atoms with van der Waals surface area (Å²) >= 11 is 0. The van der Waals surface area contributed by atoms with Gasteiger partial charge in [0.1, 0.15) is 5.65 Å². The van der Waals surface area contributed by atoms with Crippen LogP contribution in [0.2, 0.25) is 0 Å². The molecule has 0 aliphatic heterocycles. The number of aromatic amines is 1. The van der Waals surface area contributed by atoms with Crippen LogP contribution in [0.1, 0.15) is 5.56 Å². The van der Waals surface area contributed by atoms with E-state index in [0.717, 1.165) is 33.2 Å². The van der Waals surface area contributed by atoms with Crippen molar-refractivity contribution in [1.82, 2.24) is 9.97 Å². The smallest absolute Gasteiger partial charge is 0.186 e. The number of aromatic nitrogens is 2. The van der Waals surface area contributed by atoms with Gasteiger partial charge in [-0.15, -0.1) is 0 Å². The molecule has 126 valence electrons. The van der Waals surface area contributed by atoms with Crippen LogP contribution in [-0.2, 0) is 6.54 Å². The molecule has 0 amide bonds. The standard InChI is InChI=1S/C19H17N5.H2S/c20-19(21)23-11-12-4-3-5-13(10-12)14-8-9-22-18-17(14)15-6-1-2-7-16(15)24-18;/h1-10H,11H2,(H,22,24)(H4,20,21,23);1H2. The summed E-state index contributed by atoms with van der Waals surface area (Å²) in [5.41, 5.74) is 16.2. The summed E-state index contributed by atoms with van der Waals surface area (Å²) in [5, 5.41) is 2.30. The van der Waals surface area contributed by atoms with Gasteiger partial charge in [-0.05, 0) is 34.9 Å². The van der Waals surface area contributed by atoms with E-state index in [1.54, 1.807) is 0 Å². The number of guanidine groups is 1. The van der Waals surface area contributed by atoms with Crippen LogP contribution in [0, 0.1) is 0 Å². The third-order valence-corrected chi connectivity index (χ3v) is 4.08. The number of hydrogen-bond donors (Lipinski definition) is 3. The Hall–Kier alpha value is -2.99. The van der Waals surface area contributed by atoms with Crippen LogP contribution in [0.4, 0.5) is 0 Å². The normalized spacial score (nSPS) is 10.6. The molecule has 4 rings (SSSR count). The first-order valence-corrected chi connectivity index (χ1v) is 7.72. The molecule has 0 saturated heterocycles. The van der Waals surface area contributed by atoms with E-state index < -0.39 is 0 Å². The molecule has 0 aliphatic rings. The number of benzene rings is 2. The zero-order chi connectivity index (χ0) is 16.5. The minimum Gasteiger partial charge on any atom is -0.370 e. The quantitative estimate of drug-likeness (QED) is 0.391. The van der Waals surface area contributed by atoms with E-state index in [4.69, 9.17) is 11.5 Å². The van der Waals surface area contributed by atoms with Crippen LogP contribution in [0.25, 0.3) is 33.1 Å². The lowest BCUT2D eigenvalue weighted by atomic mass is 10.00. The van der Waals surface area contributed by atoms with Gasteiger partial charge >= 0.3 is 0 Å². The first-order valence-electron chi connectivity index (χ1n) is 7.72. The Balaban J connectivity index is 0.00000182. The SMILES string of the molecule is NC(N)=NCc1cccc(-c2ccnc3[nH]c4ccccc4c23)c1.S. The van der Waals surface area contributed by atoms with Gasteiger partial charge in [0.2, 0.25) is 0 Å². The molecule has 25 heavy (non-hydrogen) atoms. The zero-order valence-corrected chi connectivity index (χ0v) is 14.5. The summed E-state index contributed by atoms with van der Waals surface area (Å²) in [4.78, 5) is 11.9. The van der Waals surface area contributed by atoms with Gasteiger partial charge in [-0.3, -0.25) is 0 Å². The van der Waals surface area contributed by atoms with Gasteiger partial charge < -0.3 is 16.5 Å². The second kappa shape index (κ2) is 6.86. The molecule has 2 heterocycles. The van der Waals surface area contributed by atoms with Crippen LogP contribution in [0.3, 0.4) is 0 Å². The lowest BCUT2D eigenvalue weighted by molar-refractivity contribution is 1.06. The van der Waals surface area contributed by atoms with E-state index in [2.05, 4.69) is 39.2 Å². The third kappa shape index (κ3) is 3.16. The molecule has 2 aromatic carbocycles. The highest BCUT2D eigenvalue weighted by molar-refractivity contribution is 7.59. The lowest BCUT2D eigenvalue weighted by Crippen LogP contribution is -2.22. The fraction of sp³-hybridized carbons (Fsp3) is 0.0526. The van der Waals surface area contributed by atoms with E-state index in [0.29, 0.717) is 6.54 Å². The molecule has 0 radical (unpaired) electrons. The van der Waals surface area contributed by atoms with E-state index in [1.165, 1.54) is 5.39 Å². The van der Waals surface area contributed by atoms with Crippen molar-refractivity contribution in [2.75, 3.05) is 0 Å². The first kappa shape index (κ1) is 16.9. The lowest BCUT2D eigenvalue weighted by Gasteiger charge is -2.06. The van der Waals surface area contributed by atoms with Crippen molar-refractivity contribution in [2.45, 2.75) is 6.54 Å². The van der Waals surface area contributed by atoms with Crippen LogP contribution >= 0.6 is 13.5 Å². The number of aliphatic imine (C=N–C) groups is 1. The van der Waals surface area contributed by atoms with E-state index in [1.807, 2.05) is 36.5 Å². The number of nitrogens with two attached hydrogens (primary N) is 2. The highest BCUT2D eigenvalue weighted by Crippen LogP contribution is 2.33. The molecular formula is C19H19N5S. The summed E-state index contributed by atoms with van der Waals surface area (Å²) in [6, 6.07) is 18.5. The average molecular weight is 349 g/mol. The van der Waals surface area contributed by atoms with Gasteiger partial charge in [-0.2, -0.15) is 13.5 Å². The topological polar surface area (TPSA) is 93.1 Å². The van der Waals surface area contributed by atoms with Crippen LogP contribution < -0.4 is 11.5 Å². The van der Waals surface area contributed by atoms with Crippen molar-refractivity contribution < 1.29 is 0 Å². The molecule has 0 spiro atoms. The Kier molecular flexibility index (Phi) is 4.63. The third-order valence-electron chi connectivity index (χ3n) is 4.08. The van der Waals surface area contributed by atoms with Crippen molar-refractivity contribution in [3.8, 4) is 11.1 Å². The molecule has 0 saturated carbocycles. The van der Waals surface area contributed by atoms with E-state index in [-0.39, 0.29) is 19.5 Å². The van der Waals surface area contributed by atoms with Crippen LogP contribution in [0.5, 0.6) is 0 Å². The van der Waals surface area contributed by atoms with Gasteiger partial charge in [0.25, 0.3) is 0 Å². The molecular weight excluding hydrogens is 330 g/mol. The number of H-pyrrole nitrogens is 1. The fourth-order valence-electron chi connectivity index (χ4n) is 3.03. The Labute approximate surface area is 152 Å². The first-order chi connectivity index (χ1) is 11.7. The Bertz CT molecular complexity index is 1060. The molecule has 6 heteroatoms. The summed E-state index contributed by atoms with van der Waals surface area (Å²) in [7, 11) is 0. The molecule has 2 aromatic heterocycles. The number of fused-ring (bicyclic) bond motifs is 3. The summed E-state index contributed by atoms with van der Waals surface area (Å²) in [5.74, 6) is 0.100. The highest BCUT2D eigenvalue weighted by atomic mass is 32.1. The maximum atomic E-state index is 5.43. The van der Waals surface area contributed by atoms with Crippen molar-refractivity contribution >= 4 is 41.4 Å². The number of hydrogen-bond acceptors (Lipinski definition) is 2. The second-order valence-electron chi connectivity index (χ2n) is 5.69. The van der Waals surface area contributed by atoms with Crippen molar-refractivity contribution in [3.63, 3.8) is 0 Å². The minimum atomic E-state index is 0. The van der Waals surface area contributed by atoms with E-state index >= 15 is 0 Å². The molecule has 5 N–H and O–H groups in total. The highest BCUT2D eigenvalue weighted by Gasteiger charge is 2.11. The van der Waals surface area contributed by atoms with Crippen molar-refractivity contribution in [1.29, 1.82) is 0 Å². The van der Waals surface area contributed by atoms with Crippen molar-refractivity contribution in [3.05, 3.63) is 66.4 Å². The van der Waals surface area contributed by atoms with E-state index in [9.17, 15) is 0 Å². The molecule has 0 bridgehead atoms. The summed E-state index contributed by atoms with van der Waals surface area (Å²) in [6.07, 6.45) is 1.83. The van der Waals surface area contributed by atoms with Crippen LogP contribution in [0.15, 0.2) is 65.8 Å².